The van der Waals surface area contributed by atoms with E-state index in [0.29, 0.717) is 11.3 Å². The third kappa shape index (κ3) is 2.88. The van der Waals surface area contributed by atoms with E-state index < -0.39 is 7.14 Å². The molecule has 0 fully saturated rings. The van der Waals surface area contributed by atoms with Gasteiger partial charge in [-0.3, -0.25) is 4.79 Å². The van der Waals surface area contributed by atoms with Gasteiger partial charge in [0.05, 0.1) is 0 Å². The molecular formula is C22H17O2PS. The summed E-state index contributed by atoms with van der Waals surface area (Å²) in [5, 5.41) is 2.32. The van der Waals surface area contributed by atoms with Gasteiger partial charge >= 0.3 is 0 Å². The van der Waals surface area contributed by atoms with Crippen LogP contribution in [-0.2, 0) is 9.36 Å². The van der Waals surface area contributed by atoms with Gasteiger partial charge in [-0.25, -0.2) is 0 Å². The lowest BCUT2D eigenvalue weighted by atomic mass is 10.1. The van der Waals surface area contributed by atoms with E-state index in [1.807, 2.05) is 91.0 Å². The van der Waals surface area contributed by atoms with Crippen LogP contribution in [0.15, 0.2) is 91.0 Å². The van der Waals surface area contributed by atoms with E-state index in [-0.39, 0.29) is 5.12 Å². The highest BCUT2D eigenvalue weighted by atomic mass is 32.2. The second-order valence-corrected chi connectivity index (χ2v) is 9.74. The molecule has 4 rings (SSSR count). The number of carbonyl (C=O) groups excluding carboxylic acids is 1. The molecule has 0 saturated carbocycles. The zero-order valence-corrected chi connectivity index (χ0v) is 15.8. The van der Waals surface area contributed by atoms with Gasteiger partial charge in [-0.1, -0.05) is 103 Å². The van der Waals surface area contributed by atoms with Crippen molar-refractivity contribution in [1.82, 2.24) is 0 Å². The van der Waals surface area contributed by atoms with Crippen molar-refractivity contribution in [3.63, 3.8) is 0 Å². The lowest BCUT2D eigenvalue weighted by molar-refractivity contribution is -0.106. The Balaban J connectivity index is 2.01. The number of thioether (sulfide) groups is 1. The van der Waals surface area contributed by atoms with Crippen molar-refractivity contribution in [3.05, 3.63) is 96.6 Å². The number of benzene rings is 3. The third-order valence-corrected chi connectivity index (χ3v) is 8.43. The predicted molar refractivity (Wildman–Crippen MR) is 111 cm³/mol. The summed E-state index contributed by atoms with van der Waals surface area (Å²) in [7, 11) is -3.10. The summed E-state index contributed by atoms with van der Waals surface area (Å²) in [6, 6.07) is 26.7. The molecule has 4 heteroatoms. The van der Waals surface area contributed by atoms with Crippen LogP contribution in [0.2, 0.25) is 0 Å². The molecule has 1 aliphatic rings. The van der Waals surface area contributed by atoms with Gasteiger partial charge in [0.15, 0.2) is 7.14 Å². The molecule has 3 aromatic carbocycles. The van der Waals surface area contributed by atoms with E-state index in [1.54, 1.807) is 0 Å². The molecule has 0 aliphatic carbocycles. The van der Waals surface area contributed by atoms with Crippen LogP contribution >= 0.6 is 18.9 Å². The first-order valence-electron chi connectivity index (χ1n) is 8.40. The quantitative estimate of drug-likeness (QED) is 0.646. The first-order valence-corrected chi connectivity index (χ1v) is 11.1. The first-order chi connectivity index (χ1) is 12.7. The largest absolute Gasteiger partial charge is 0.309 e. The van der Waals surface area contributed by atoms with E-state index in [0.717, 1.165) is 21.5 Å². The molecule has 128 valence electrons. The zero-order valence-electron chi connectivity index (χ0n) is 14.0. The van der Waals surface area contributed by atoms with Crippen molar-refractivity contribution in [3.8, 4) is 0 Å². The van der Waals surface area contributed by atoms with Gasteiger partial charge in [-0.15, -0.1) is 0 Å². The molecule has 1 aliphatic heterocycles. The monoisotopic (exact) mass is 376 g/mol. The fourth-order valence-electron chi connectivity index (χ4n) is 3.26. The normalized spacial score (nSPS) is 14.3. The molecular weight excluding hydrogens is 359 g/mol. The summed E-state index contributed by atoms with van der Waals surface area (Å²) in [4.78, 5) is 12.3. The van der Waals surface area contributed by atoms with Crippen LogP contribution in [0.25, 0.3) is 5.57 Å². The van der Waals surface area contributed by atoms with Gasteiger partial charge < -0.3 is 4.57 Å². The Morgan fingerprint density at radius 1 is 0.731 bits per heavy atom. The molecule has 0 radical (unpaired) electrons. The molecule has 2 nitrogen and oxygen atoms in total. The van der Waals surface area contributed by atoms with Crippen LogP contribution < -0.4 is 15.9 Å². The van der Waals surface area contributed by atoms with Crippen molar-refractivity contribution < 1.29 is 9.36 Å². The summed E-state index contributed by atoms with van der Waals surface area (Å²) in [5.74, 6) is 0.670. The maximum Gasteiger partial charge on any atom is 0.219 e. The molecule has 26 heavy (non-hydrogen) atoms. The smallest absolute Gasteiger partial charge is 0.219 e. The first kappa shape index (κ1) is 17.1. The van der Waals surface area contributed by atoms with Gasteiger partial charge in [-0.2, -0.15) is 0 Å². The summed E-state index contributed by atoms with van der Waals surface area (Å²) < 4.78 is 14.6. The molecule has 0 N–H and O–H groups in total. The Kier molecular flexibility index (Phi) is 4.67. The second-order valence-electron chi connectivity index (χ2n) is 6.01. The second kappa shape index (κ2) is 7.11. The maximum atomic E-state index is 14.6. The molecule has 0 spiro atoms. The van der Waals surface area contributed by atoms with Crippen LogP contribution in [0.4, 0.5) is 0 Å². The Morgan fingerprint density at radius 3 is 1.81 bits per heavy atom. The summed E-state index contributed by atoms with van der Waals surface area (Å²) >= 11 is 1.29. The summed E-state index contributed by atoms with van der Waals surface area (Å²) in [6.45, 7) is 0. The number of hydrogen-bond donors (Lipinski definition) is 0. The van der Waals surface area contributed by atoms with Crippen molar-refractivity contribution in [2.45, 2.75) is 0 Å². The van der Waals surface area contributed by atoms with E-state index in [9.17, 15) is 9.36 Å². The fourth-order valence-corrected chi connectivity index (χ4v) is 6.88. The highest BCUT2D eigenvalue weighted by Crippen LogP contribution is 2.45. The molecule has 1 heterocycles. The molecule has 0 bridgehead atoms. The maximum absolute atomic E-state index is 14.6. The minimum Gasteiger partial charge on any atom is -0.309 e. The van der Waals surface area contributed by atoms with Crippen LogP contribution in [0.3, 0.4) is 0 Å². The Labute approximate surface area is 157 Å². The Morgan fingerprint density at radius 2 is 1.27 bits per heavy atom. The number of carbonyl (C=O) groups is 1. The Hall–Kier alpha value is -2.35. The minimum absolute atomic E-state index is 0.0464. The van der Waals surface area contributed by atoms with E-state index in [1.165, 1.54) is 11.8 Å². The lowest BCUT2D eigenvalue weighted by Gasteiger charge is -2.22. The van der Waals surface area contributed by atoms with Gasteiger partial charge in [0, 0.05) is 27.2 Å². The van der Waals surface area contributed by atoms with Crippen LogP contribution in [0.5, 0.6) is 0 Å². The highest BCUT2D eigenvalue weighted by molar-refractivity contribution is 8.15. The molecule has 0 aromatic heterocycles. The van der Waals surface area contributed by atoms with Crippen molar-refractivity contribution in [1.29, 1.82) is 0 Å². The van der Waals surface area contributed by atoms with Crippen molar-refractivity contribution in [2.24, 2.45) is 0 Å². The van der Waals surface area contributed by atoms with Gasteiger partial charge in [0.2, 0.25) is 5.12 Å². The average molecular weight is 376 g/mol. The molecule has 0 atom stereocenters. The van der Waals surface area contributed by atoms with Crippen molar-refractivity contribution in [2.75, 3.05) is 5.75 Å². The molecule has 0 amide bonds. The number of rotatable bonds is 4. The van der Waals surface area contributed by atoms with Gasteiger partial charge in [0.25, 0.3) is 0 Å². The van der Waals surface area contributed by atoms with Crippen LogP contribution in [-0.4, -0.2) is 10.9 Å². The fraction of sp³-hybridized carbons (Fsp3) is 0.0455. The lowest BCUT2D eigenvalue weighted by Crippen LogP contribution is -2.27. The van der Waals surface area contributed by atoms with Crippen molar-refractivity contribution >= 4 is 45.5 Å². The molecule has 0 saturated heterocycles. The van der Waals surface area contributed by atoms with Crippen LogP contribution in [0, 0.1) is 0 Å². The standard InChI is InChI=1S/C22H17O2PS/c23-22-20(15-16-26-22)19-13-7-8-14-21(19)25(24,17-9-3-1-4-10-17)18-11-5-2-6-12-18/h1-15H,16H2. The van der Waals surface area contributed by atoms with Gasteiger partial charge in [-0.05, 0) is 5.56 Å². The number of hydrogen-bond acceptors (Lipinski definition) is 3. The summed E-state index contributed by atoms with van der Waals surface area (Å²) in [5.41, 5.74) is 1.44. The van der Waals surface area contributed by atoms with Gasteiger partial charge in [0.1, 0.15) is 0 Å². The minimum atomic E-state index is -3.10. The van der Waals surface area contributed by atoms with E-state index in [2.05, 4.69) is 0 Å². The average Bonchev–Trinajstić information content (AvgIpc) is 3.14. The predicted octanol–water partition coefficient (Wildman–Crippen LogP) is 3.98. The molecule has 3 aromatic rings. The Bertz CT molecular complexity index is 983. The van der Waals surface area contributed by atoms with E-state index in [4.69, 9.17) is 0 Å². The third-order valence-electron chi connectivity index (χ3n) is 4.49. The zero-order chi connectivity index (χ0) is 18.0. The van der Waals surface area contributed by atoms with E-state index >= 15 is 0 Å². The SMILES string of the molecule is O=C1SCC=C1c1ccccc1P(=O)(c1ccccc1)c1ccccc1. The topological polar surface area (TPSA) is 34.1 Å². The molecule has 0 unspecified atom stereocenters. The summed E-state index contributed by atoms with van der Waals surface area (Å²) in [6.07, 6.45) is 1.94. The van der Waals surface area contributed by atoms with Crippen LogP contribution in [0.1, 0.15) is 5.56 Å². The highest BCUT2D eigenvalue weighted by Gasteiger charge is 2.33.